The van der Waals surface area contributed by atoms with E-state index >= 15 is 0 Å². The Hall–Kier alpha value is -0.870. The van der Waals surface area contributed by atoms with Crippen LogP contribution in [0.5, 0.6) is 0 Å². The number of ether oxygens (including phenoxy) is 1. The van der Waals surface area contributed by atoms with Crippen LogP contribution in [0.2, 0.25) is 0 Å². The second-order valence-corrected chi connectivity index (χ2v) is 5.27. The number of rotatable bonds is 7. The van der Waals surface area contributed by atoms with Gasteiger partial charge in [-0.15, -0.1) is 11.3 Å². The van der Waals surface area contributed by atoms with Crippen molar-refractivity contribution in [2.24, 2.45) is 0 Å². The van der Waals surface area contributed by atoms with E-state index in [1.807, 2.05) is 25.3 Å². The summed E-state index contributed by atoms with van der Waals surface area (Å²) < 4.78 is 5.13. The highest BCUT2D eigenvalue weighted by Gasteiger charge is 2.33. The number of hydrogen-bond acceptors (Lipinski definition) is 4. The van der Waals surface area contributed by atoms with Crippen LogP contribution in [-0.4, -0.2) is 18.1 Å². The lowest BCUT2D eigenvalue weighted by Gasteiger charge is -2.28. The molecule has 1 atom stereocenters. The maximum absolute atomic E-state index is 11.9. The zero-order chi connectivity index (χ0) is 12.7. The Labute approximate surface area is 107 Å². The lowest BCUT2D eigenvalue weighted by atomic mass is 9.96. The van der Waals surface area contributed by atoms with E-state index in [0.29, 0.717) is 13.2 Å². The molecule has 0 aliphatic rings. The summed E-state index contributed by atoms with van der Waals surface area (Å²) in [5.74, 6) is -0.154. The summed E-state index contributed by atoms with van der Waals surface area (Å²) in [6.07, 6.45) is 1.74. The number of thiophene rings is 1. The first kappa shape index (κ1) is 14.2. The van der Waals surface area contributed by atoms with Gasteiger partial charge in [0.05, 0.1) is 6.61 Å². The molecular formula is C13H21NO2S. The van der Waals surface area contributed by atoms with Crippen molar-refractivity contribution in [1.29, 1.82) is 0 Å². The van der Waals surface area contributed by atoms with E-state index in [0.717, 1.165) is 12.8 Å². The molecule has 0 aliphatic carbocycles. The van der Waals surface area contributed by atoms with Crippen molar-refractivity contribution in [3.63, 3.8) is 0 Å². The summed E-state index contributed by atoms with van der Waals surface area (Å²) >= 11 is 1.69. The molecule has 0 amide bonds. The third-order valence-electron chi connectivity index (χ3n) is 2.71. The molecule has 1 aromatic rings. The minimum atomic E-state index is -0.575. The van der Waals surface area contributed by atoms with Gasteiger partial charge in [0.1, 0.15) is 5.54 Å². The molecule has 0 spiro atoms. The summed E-state index contributed by atoms with van der Waals surface area (Å²) in [4.78, 5) is 13.2. The highest BCUT2D eigenvalue weighted by Crippen LogP contribution is 2.17. The van der Waals surface area contributed by atoms with Crippen LogP contribution in [-0.2, 0) is 16.1 Å². The van der Waals surface area contributed by atoms with Crippen LogP contribution in [0.25, 0.3) is 0 Å². The van der Waals surface area contributed by atoms with E-state index in [1.54, 1.807) is 11.3 Å². The maximum atomic E-state index is 11.9. The second-order valence-electron chi connectivity index (χ2n) is 4.24. The van der Waals surface area contributed by atoms with Crippen molar-refractivity contribution in [2.75, 3.05) is 6.61 Å². The molecule has 17 heavy (non-hydrogen) atoms. The highest BCUT2D eigenvalue weighted by atomic mass is 32.1. The van der Waals surface area contributed by atoms with Gasteiger partial charge in [0, 0.05) is 11.4 Å². The van der Waals surface area contributed by atoms with Gasteiger partial charge < -0.3 is 4.74 Å². The molecule has 0 aromatic carbocycles. The second kappa shape index (κ2) is 6.77. The summed E-state index contributed by atoms with van der Waals surface area (Å²) in [6.45, 7) is 6.97. The topological polar surface area (TPSA) is 38.3 Å². The summed E-state index contributed by atoms with van der Waals surface area (Å²) in [7, 11) is 0. The summed E-state index contributed by atoms with van der Waals surface area (Å²) in [5, 5.41) is 5.36. The number of carbonyl (C=O) groups excluding carboxylic acids is 1. The molecule has 1 N–H and O–H groups in total. The predicted octanol–water partition coefficient (Wildman–Crippen LogP) is 2.96. The Balaban J connectivity index is 2.60. The molecule has 1 heterocycles. The van der Waals surface area contributed by atoms with Gasteiger partial charge in [-0.25, -0.2) is 0 Å². The van der Waals surface area contributed by atoms with E-state index in [9.17, 15) is 4.79 Å². The van der Waals surface area contributed by atoms with Crippen LogP contribution in [0.1, 0.15) is 38.5 Å². The number of hydrogen-bond donors (Lipinski definition) is 1. The molecule has 0 bridgehead atoms. The lowest BCUT2D eigenvalue weighted by molar-refractivity contribution is -0.151. The average Bonchev–Trinajstić information content (AvgIpc) is 2.80. The first-order valence-electron chi connectivity index (χ1n) is 6.07. The zero-order valence-electron chi connectivity index (χ0n) is 10.8. The van der Waals surface area contributed by atoms with Crippen molar-refractivity contribution < 1.29 is 9.53 Å². The fourth-order valence-corrected chi connectivity index (χ4v) is 2.39. The van der Waals surface area contributed by atoms with E-state index in [4.69, 9.17) is 4.74 Å². The van der Waals surface area contributed by atoms with Gasteiger partial charge in [0.15, 0.2) is 0 Å². The molecule has 0 fully saturated rings. The quantitative estimate of drug-likeness (QED) is 0.761. The van der Waals surface area contributed by atoms with Crippen molar-refractivity contribution in [1.82, 2.24) is 5.32 Å². The largest absolute Gasteiger partial charge is 0.465 e. The van der Waals surface area contributed by atoms with Crippen LogP contribution in [0.15, 0.2) is 17.5 Å². The molecule has 3 nitrogen and oxygen atoms in total. The molecule has 0 saturated carbocycles. The number of carbonyl (C=O) groups is 1. The maximum Gasteiger partial charge on any atom is 0.326 e. The van der Waals surface area contributed by atoms with Crippen LogP contribution in [0.3, 0.4) is 0 Å². The SMILES string of the molecule is CCCC(C)(NCc1cccs1)C(=O)OCC. The molecule has 4 heteroatoms. The lowest BCUT2D eigenvalue weighted by Crippen LogP contribution is -2.49. The Morgan fingerprint density at radius 3 is 2.82 bits per heavy atom. The fourth-order valence-electron chi connectivity index (χ4n) is 1.75. The Morgan fingerprint density at radius 2 is 2.29 bits per heavy atom. The van der Waals surface area contributed by atoms with Crippen molar-refractivity contribution in [3.05, 3.63) is 22.4 Å². The zero-order valence-corrected chi connectivity index (χ0v) is 11.6. The van der Waals surface area contributed by atoms with Gasteiger partial charge in [-0.05, 0) is 31.7 Å². The average molecular weight is 255 g/mol. The highest BCUT2D eigenvalue weighted by molar-refractivity contribution is 7.09. The normalized spacial score (nSPS) is 14.3. The standard InChI is InChI=1S/C13H21NO2S/c1-4-8-13(3,12(15)16-5-2)14-10-11-7-6-9-17-11/h6-7,9,14H,4-5,8,10H2,1-3H3. The summed E-state index contributed by atoms with van der Waals surface area (Å²) in [5.41, 5.74) is -0.575. The van der Waals surface area contributed by atoms with Crippen LogP contribution >= 0.6 is 11.3 Å². The molecule has 1 aromatic heterocycles. The van der Waals surface area contributed by atoms with Crippen molar-refractivity contribution in [2.45, 2.75) is 45.7 Å². The van der Waals surface area contributed by atoms with Gasteiger partial charge in [-0.2, -0.15) is 0 Å². The fraction of sp³-hybridized carbons (Fsp3) is 0.615. The Kier molecular flexibility index (Phi) is 5.65. The van der Waals surface area contributed by atoms with Gasteiger partial charge in [-0.1, -0.05) is 19.4 Å². The third kappa shape index (κ3) is 4.13. The van der Waals surface area contributed by atoms with Crippen LogP contribution < -0.4 is 5.32 Å². The monoisotopic (exact) mass is 255 g/mol. The van der Waals surface area contributed by atoms with Gasteiger partial charge in [0.25, 0.3) is 0 Å². The van der Waals surface area contributed by atoms with E-state index in [1.165, 1.54) is 4.88 Å². The smallest absolute Gasteiger partial charge is 0.326 e. The predicted molar refractivity (Wildman–Crippen MR) is 71.1 cm³/mol. The minimum Gasteiger partial charge on any atom is -0.465 e. The third-order valence-corrected chi connectivity index (χ3v) is 3.59. The van der Waals surface area contributed by atoms with Gasteiger partial charge in [0.2, 0.25) is 0 Å². The van der Waals surface area contributed by atoms with Crippen molar-refractivity contribution >= 4 is 17.3 Å². The van der Waals surface area contributed by atoms with E-state index < -0.39 is 5.54 Å². The van der Waals surface area contributed by atoms with Gasteiger partial charge in [-0.3, -0.25) is 10.1 Å². The number of esters is 1. The first-order valence-corrected chi connectivity index (χ1v) is 6.95. The molecule has 0 radical (unpaired) electrons. The van der Waals surface area contributed by atoms with Crippen LogP contribution in [0.4, 0.5) is 0 Å². The summed E-state index contributed by atoms with van der Waals surface area (Å²) in [6, 6.07) is 4.08. The molecule has 0 aliphatic heterocycles. The van der Waals surface area contributed by atoms with Crippen molar-refractivity contribution in [3.8, 4) is 0 Å². The molecule has 0 saturated heterocycles. The Bertz CT molecular complexity index is 337. The first-order chi connectivity index (χ1) is 8.12. The van der Waals surface area contributed by atoms with E-state index in [2.05, 4.69) is 18.3 Å². The van der Waals surface area contributed by atoms with Gasteiger partial charge >= 0.3 is 5.97 Å². The van der Waals surface area contributed by atoms with Crippen LogP contribution in [0, 0.1) is 0 Å². The molecule has 1 unspecified atom stereocenters. The molecule has 1 rings (SSSR count). The minimum absolute atomic E-state index is 0.154. The Morgan fingerprint density at radius 1 is 1.53 bits per heavy atom. The van der Waals surface area contributed by atoms with E-state index in [-0.39, 0.29) is 5.97 Å². The molecular weight excluding hydrogens is 234 g/mol. The number of nitrogens with one attached hydrogen (secondary N) is 1. The molecule has 96 valence electrons.